The summed E-state index contributed by atoms with van der Waals surface area (Å²) in [4.78, 5) is 0. The van der Waals surface area contributed by atoms with E-state index >= 15 is 0 Å². The van der Waals surface area contributed by atoms with Gasteiger partial charge in [-0.2, -0.15) is 0 Å². The summed E-state index contributed by atoms with van der Waals surface area (Å²) in [5, 5.41) is 0. The van der Waals surface area contributed by atoms with Crippen molar-refractivity contribution in [2.75, 3.05) is 0 Å². The van der Waals surface area contributed by atoms with Gasteiger partial charge in [0.1, 0.15) is 0 Å². The molecule has 2 aromatic rings. The second kappa shape index (κ2) is 10.7. The van der Waals surface area contributed by atoms with Crippen LogP contribution in [0.25, 0.3) is 0 Å². The SMILES string of the molecule is CCCCCCc1ccc(C#Cc2ccc(CCCC)cc2)cc1. The molecule has 0 heteroatoms. The Morgan fingerprint density at radius 2 is 1.00 bits per heavy atom. The van der Waals surface area contributed by atoms with Crippen LogP contribution in [0.2, 0.25) is 0 Å². The maximum absolute atomic E-state index is 3.28. The first-order valence-electron chi connectivity index (χ1n) is 9.51. The Morgan fingerprint density at radius 3 is 1.46 bits per heavy atom. The van der Waals surface area contributed by atoms with Crippen LogP contribution in [0.5, 0.6) is 0 Å². The lowest BCUT2D eigenvalue weighted by Gasteiger charge is -2.01. The van der Waals surface area contributed by atoms with Gasteiger partial charge >= 0.3 is 0 Å². The number of unbranched alkanes of at least 4 members (excludes halogenated alkanes) is 4. The van der Waals surface area contributed by atoms with Crippen LogP contribution in [0.1, 0.15) is 74.6 Å². The number of benzene rings is 2. The van der Waals surface area contributed by atoms with E-state index in [4.69, 9.17) is 0 Å². The molecule has 0 heterocycles. The smallest absolute Gasteiger partial charge is 0.0249 e. The Hall–Kier alpha value is -2.00. The first kappa shape index (κ1) is 18.3. The molecule has 0 spiro atoms. The van der Waals surface area contributed by atoms with Crippen molar-refractivity contribution in [2.45, 2.75) is 65.2 Å². The van der Waals surface area contributed by atoms with Crippen LogP contribution in [0, 0.1) is 11.8 Å². The third-order valence-corrected chi connectivity index (χ3v) is 4.40. The van der Waals surface area contributed by atoms with Crippen LogP contribution in [-0.4, -0.2) is 0 Å². The summed E-state index contributed by atoms with van der Waals surface area (Å²) >= 11 is 0. The predicted octanol–water partition coefficient (Wildman–Crippen LogP) is 6.55. The lowest BCUT2D eigenvalue weighted by atomic mass is 10.0. The van der Waals surface area contributed by atoms with Crippen LogP contribution in [-0.2, 0) is 12.8 Å². The largest absolute Gasteiger partial charge is 0.0654 e. The molecular formula is C24H30. The number of rotatable bonds is 8. The van der Waals surface area contributed by atoms with E-state index in [1.807, 2.05) is 0 Å². The van der Waals surface area contributed by atoms with E-state index < -0.39 is 0 Å². The van der Waals surface area contributed by atoms with E-state index in [1.165, 1.54) is 62.5 Å². The molecule has 0 aliphatic rings. The van der Waals surface area contributed by atoms with Crippen molar-refractivity contribution >= 4 is 0 Å². The van der Waals surface area contributed by atoms with Gasteiger partial charge in [-0.15, -0.1) is 0 Å². The molecule has 0 saturated heterocycles. The quantitative estimate of drug-likeness (QED) is 0.382. The van der Waals surface area contributed by atoms with Crippen LogP contribution < -0.4 is 0 Å². The van der Waals surface area contributed by atoms with Crippen molar-refractivity contribution < 1.29 is 0 Å². The van der Waals surface area contributed by atoms with Crippen LogP contribution in [0.4, 0.5) is 0 Å². The molecule has 0 radical (unpaired) electrons. The highest BCUT2D eigenvalue weighted by Crippen LogP contribution is 2.10. The average Bonchev–Trinajstić information content (AvgIpc) is 2.64. The molecule has 0 aromatic heterocycles. The van der Waals surface area contributed by atoms with E-state index in [-0.39, 0.29) is 0 Å². The second-order valence-corrected chi connectivity index (χ2v) is 6.56. The van der Waals surface area contributed by atoms with Gasteiger partial charge in [-0.25, -0.2) is 0 Å². The fourth-order valence-electron chi connectivity index (χ4n) is 2.79. The topological polar surface area (TPSA) is 0 Å². The summed E-state index contributed by atoms with van der Waals surface area (Å²) < 4.78 is 0. The first-order chi connectivity index (χ1) is 11.8. The van der Waals surface area contributed by atoms with E-state index in [0.29, 0.717) is 0 Å². The van der Waals surface area contributed by atoms with Crippen molar-refractivity contribution in [3.63, 3.8) is 0 Å². The lowest BCUT2D eigenvalue weighted by molar-refractivity contribution is 0.667. The fourth-order valence-corrected chi connectivity index (χ4v) is 2.79. The van der Waals surface area contributed by atoms with E-state index in [2.05, 4.69) is 74.2 Å². The average molecular weight is 319 g/mol. The Balaban J connectivity index is 1.88. The van der Waals surface area contributed by atoms with Crippen LogP contribution in [0.3, 0.4) is 0 Å². The highest BCUT2D eigenvalue weighted by Gasteiger charge is 1.95. The zero-order valence-electron chi connectivity index (χ0n) is 15.3. The Morgan fingerprint density at radius 1 is 0.542 bits per heavy atom. The van der Waals surface area contributed by atoms with E-state index in [9.17, 15) is 0 Å². The van der Waals surface area contributed by atoms with E-state index in [1.54, 1.807) is 0 Å². The van der Waals surface area contributed by atoms with Crippen LogP contribution >= 0.6 is 0 Å². The molecule has 126 valence electrons. The van der Waals surface area contributed by atoms with Gasteiger partial charge < -0.3 is 0 Å². The molecule has 0 unspecified atom stereocenters. The summed E-state index contributed by atoms with van der Waals surface area (Å²) in [7, 11) is 0. The summed E-state index contributed by atoms with van der Waals surface area (Å²) in [5.74, 6) is 6.55. The van der Waals surface area contributed by atoms with Crippen molar-refractivity contribution in [3.8, 4) is 11.8 Å². The minimum atomic E-state index is 1.10. The van der Waals surface area contributed by atoms with Crippen molar-refractivity contribution in [1.29, 1.82) is 0 Å². The Bertz CT molecular complexity index is 635. The van der Waals surface area contributed by atoms with Crippen LogP contribution in [0.15, 0.2) is 48.5 Å². The molecule has 0 nitrogen and oxygen atoms in total. The normalized spacial score (nSPS) is 10.2. The molecule has 2 rings (SSSR count). The second-order valence-electron chi connectivity index (χ2n) is 6.56. The van der Waals surface area contributed by atoms with Gasteiger partial charge in [0.25, 0.3) is 0 Å². The standard InChI is InChI=1S/C24H30/c1-3-5-7-8-10-22-13-17-24(18-14-22)20-19-23-15-11-21(12-16-23)9-6-4-2/h11-18H,3-10H2,1-2H3. The van der Waals surface area contributed by atoms with Crippen molar-refractivity contribution in [1.82, 2.24) is 0 Å². The molecule has 0 bridgehead atoms. The lowest BCUT2D eigenvalue weighted by Crippen LogP contribution is -1.86. The number of hydrogen-bond acceptors (Lipinski definition) is 0. The molecule has 0 aliphatic carbocycles. The zero-order chi connectivity index (χ0) is 17.0. The number of hydrogen-bond donors (Lipinski definition) is 0. The van der Waals surface area contributed by atoms with Crippen molar-refractivity contribution in [3.05, 3.63) is 70.8 Å². The molecule has 0 saturated carbocycles. The third-order valence-electron chi connectivity index (χ3n) is 4.40. The summed E-state index contributed by atoms with van der Waals surface area (Å²) in [6, 6.07) is 17.4. The molecule has 0 amide bonds. The number of aryl methyl sites for hydroxylation is 2. The highest BCUT2D eigenvalue weighted by molar-refractivity contribution is 5.44. The molecule has 24 heavy (non-hydrogen) atoms. The molecule has 0 N–H and O–H groups in total. The molecular weight excluding hydrogens is 288 g/mol. The third kappa shape index (κ3) is 6.63. The Labute approximate surface area is 148 Å². The Kier molecular flexibility index (Phi) is 8.19. The molecule has 0 fully saturated rings. The zero-order valence-corrected chi connectivity index (χ0v) is 15.3. The molecule has 2 aromatic carbocycles. The van der Waals surface area contributed by atoms with E-state index in [0.717, 1.165) is 11.1 Å². The van der Waals surface area contributed by atoms with Gasteiger partial charge in [-0.05, 0) is 61.1 Å². The maximum atomic E-state index is 3.28. The van der Waals surface area contributed by atoms with Gasteiger partial charge in [0.2, 0.25) is 0 Å². The summed E-state index contributed by atoms with van der Waals surface area (Å²) in [6.07, 6.45) is 10.1. The first-order valence-corrected chi connectivity index (χ1v) is 9.51. The highest BCUT2D eigenvalue weighted by atomic mass is 14.0. The fraction of sp³-hybridized carbons (Fsp3) is 0.417. The maximum Gasteiger partial charge on any atom is 0.0249 e. The van der Waals surface area contributed by atoms with Gasteiger partial charge in [-0.1, -0.05) is 75.6 Å². The van der Waals surface area contributed by atoms with Crippen molar-refractivity contribution in [2.24, 2.45) is 0 Å². The molecule has 0 atom stereocenters. The molecule has 0 aliphatic heterocycles. The van der Waals surface area contributed by atoms with Gasteiger partial charge in [-0.3, -0.25) is 0 Å². The van der Waals surface area contributed by atoms with Gasteiger partial charge in [0, 0.05) is 11.1 Å². The minimum Gasteiger partial charge on any atom is -0.0654 e. The monoisotopic (exact) mass is 318 g/mol. The minimum absolute atomic E-state index is 1.10. The predicted molar refractivity (Wildman–Crippen MR) is 105 cm³/mol. The van der Waals surface area contributed by atoms with Gasteiger partial charge in [0.05, 0.1) is 0 Å². The summed E-state index contributed by atoms with van der Waals surface area (Å²) in [6.45, 7) is 4.49. The summed E-state index contributed by atoms with van der Waals surface area (Å²) in [5.41, 5.74) is 5.04. The van der Waals surface area contributed by atoms with Gasteiger partial charge in [0.15, 0.2) is 0 Å².